The summed E-state index contributed by atoms with van der Waals surface area (Å²) in [6.45, 7) is 2.71. The van der Waals surface area contributed by atoms with Crippen molar-refractivity contribution in [3.8, 4) is 17.1 Å². The molecular formula is C22H20N6. The van der Waals surface area contributed by atoms with Crippen LogP contribution in [0.4, 0.5) is 0 Å². The third-order valence-corrected chi connectivity index (χ3v) is 5.00. The lowest BCUT2D eigenvalue weighted by Crippen LogP contribution is -2.30. The van der Waals surface area contributed by atoms with E-state index in [0.717, 1.165) is 48.8 Å². The van der Waals surface area contributed by atoms with Crippen LogP contribution in [-0.4, -0.2) is 36.2 Å². The van der Waals surface area contributed by atoms with Gasteiger partial charge in [0.15, 0.2) is 5.82 Å². The second-order valence-corrected chi connectivity index (χ2v) is 7.00. The smallest absolute Gasteiger partial charge is 0.160 e. The van der Waals surface area contributed by atoms with E-state index in [1.54, 1.807) is 12.4 Å². The van der Waals surface area contributed by atoms with Crippen molar-refractivity contribution < 1.29 is 0 Å². The maximum Gasteiger partial charge on any atom is 0.160 e. The summed E-state index contributed by atoms with van der Waals surface area (Å²) in [4.78, 5) is 15.9. The molecule has 0 bridgehead atoms. The summed E-state index contributed by atoms with van der Waals surface area (Å²) in [5, 5.41) is 4.50. The first-order valence-electron chi connectivity index (χ1n) is 9.42. The van der Waals surface area contributed by atoms with E-state index in [2.05, 4.69) is 38.3 Å². The molecule has 4 heterocycles. The van der Waals surface area contributed by atoms with Crippen LogP contribution in [0.1, 0.15) is 16.8 Å². The Morgan fingerprint density at radius 1 is 0.964 bits per heavy atom. The molecule has 0 spiro atoms. The molecule has 1 aromatic carbocycles. The zero-order valence-electron chi connectivity index (χ0n) is 15.4. The lowest BCUT2D eigenvalue weighted by Gasteiger charge is -2.27. The molecule has 138 valence electrons. The van der Waals surface area contributed by atoms with Gasteiger partial charge in [0.25, 0.3) is 0 Å². The maximum absolute atomic E-state index is 4.77. The highest BCUT2D eigenvalue weighted by Crippen LogP contribution is 2.22. The van der Waals surface area contributed by atoms with Crippen molar-refractivity contribution in [3.05, 3.63) is 90.3 Å². The van der Waals surface area contributed by atoms with Gasteiger partial charge in [-0.05, 0) is 24.3 Å². The van der Waals surface area contributed by atoms with E-state index in [-0.39, 0.29) is 0 Å². The Bertz CT molecular complexity index is 1070. The number of benzene rings is 1. The molecule has 0 saturated heterocycles. The van der Waals surface area contributed by atoms with Gasteiger partial charge in [0.05, 0.1) is 17.6 Å². The van der Waals surface area contributed by atoms with Crippen molar-refractivity contribution in [2.75, 3.05) is 6.54 Å². The van der Waals surface area contributed by atoms with Gasteiger partial charge in [0.2, 0.25) is 0 Å². The summed E-state index contributed by atoms with van der Waals surface area (Å²) in [5.74, 6) is 0.754. The number of hydrogen-bond acceptors (Lipinski definition) is 5. The minimum absolute atomic E-state index is 0.754. The van der Waals surface area contributed by atoms with E-state index >= 15 is 0 Å². The summed E-state index contributed by atoms with van der Waals surface area (Å²) in [7, 11) is 0. The Morgan fingerprint density at radius 3 is 2.75 bits per heavy atom. The number of fused-ring (bicyclic) bond motifs is 1. The highest BCUT2D eigenvalue weighted by Gasteiger charge is 2.19. The van der Waals surface area contributed by atoms with Gasteiger partial charge in [0, 0.05) is 67.5 Å². The Labute approximate surface area is 163 Å². The average molecular weight is 368 g/mol. The zero-order chi connectivity index (χ0) is 18.8. The molecule has 0 radical (unpaired) electrons. The number of para-hydroxylation sites is 1. The van der Waals surface area contributed by atoms with Crippen molar-refractivity contribution in [3.63, 3.8) is 0 Å². The summed E-state index contributed by atoms with van der Waals surface area (Å²) >= 11 is 0. The van der Waals surface area contributed by atoms with Crippen LogP contribution in [0.3, 0.4) is 0 Å². The molecule has 28 heavy (non-hydrogen) atoms. The van der Waals surface area contributed by atoms with Gasteiger partial charge in [-0.3, -0.25) is 9.88 Å². The van der Waals surface area contributed by atoms with E-state index in [1.165, 1.54) is 11.1 Å². The molecule has 0 unspecified atom stereocenters. The predicted octanol–water partition coefficient (Wildman–Crippen LogP) is 3.28. The highest BCUT2D eigenvalue weighted by molar-refractivity contribution is 5.53. The Balaban J connectivity index is 1.30. The molecular weight excluding hydrogens is 348 g/mol. The van der Waals surface area contributed by atoms with Crippen LogP contribution >= 0.6 is 0 Å². The molecule has 0 fully saturated rings. The summed E-state index contributed by atoms with van der Waals surface area (Å²) < 4.78 is 1.93. The molecule has 0 atom stereocenters. The molecule has 6 heteroatoms. The first-order valence-corrected chi connectivity index (χ1v) is 9.42. The molecule has 0 N–H and O–H groups in total. The fourth-order valence-corrected chi connectivity index (χ4v) is 3.57. The van der Waals surface area contributed by atoms with Crippen LogP contribution in [0.15, 0.2) is 73.4 Å². The van der Waals surface area contributed by atoms with Crippen molar-refractivity contribution in [2.24, 2.45) is 0 Å². The van der Waals surface area contributed by atoms with Gasteiger partial charge < -0.3 is 0 Å². The van der Waals surface area contributed by atoms with Gasteiger partial charge in [-0.15, -0.1) is 0 Å². The number of aromatic nitrogens is 5. The first kappa shape index (κ1) is 16.8. The molecule has 5 rings (SSSR count). The zero-order valence-corrected chi connectivity index (χ0v) is 15.4. The van der Waals surface area contributed by atoms with Crippen LogP contribution in [0.5, 0.6) is 0 Å². The highest BCUT2D eigenvalue weighted by atomic mass is 15.3. The third-order valence-electron chi connectivity index (χ3n) is 5.00. The number of nitrogens with zero attached hydrogens (tertiary/aromatic N) is 6. The quantitative estimate of drug-likeness (QED) is 0.553. The number of hydrogen-bond donors (Lipinski definition) is 0. The van der Waals surface area contributed by atoms with Crippen molar-refractivity contribution in [2.45, 2.75) is 19.5 Å². The second-order valence-electron chi connectivity index (χ2n) is 7.00. The molecule has 0 saturated carbocycles. The molecule has 0 aliphatic carbocycles. The molecule has 4 aromatic rings. The largest absolute Gasteiger partial charge is 0.294 e. The van der Waals surface area contributed by atoms with Crippen LogP contribution in [0.25, 0.3) is 17.1 Å². The van der Waals surface area contributed by atoms with E-state index in [1.807, 2.05) is 47.4 Å². The lowest BCUT2D eigenvalue weighted by molar-refractivity contribution is 0.243. The van der Waals surface area contributed by atoms with Crippen LogP contribution in [0.2, 0.25) is 0 Å². The Morgan fingerprint density at radius 2 is 1.89 bits per heavy atom. The van der Waals surface area contributed by atoms with Gasteiger partial charge in [-0.2, -0.15) is 5.10 Å². The number of rotatable bonds is 4. The normalized spacial score (nSPS) is 14.0. The predicted molar refractivity (Wildman–Crippen MR) is 107 cm³/mol. The first-order chi connectivity index (χ1) is 13.8. The Hall–Kier alpha value is -3.38. The van der Waals surface area contributed by atoms with Gasteiger partial charge >= 0.3 is 0 Å². The monoisotopic (exact) mass is 368 g/mol. The topological polar surface area (TPSA) is 59.7 Å². The van der Waals surface area contributed by atoms with E-state index in [0.29, 0.717) is 0 Å². The maximum atomic E-state index is 4.77. The van der Waals surface area contributed by atoms with E-state index < -0.39 is 0 Å². The average Bonchev–Trinajstić information content (AvgIpc) is 3.23. The lowest BCUT2D eigenvalue weighted by atomic mass is 10.1. The van der Waals surface area contributed by atoms with Crippen molar-refractivity contribution in [1.82, 2.24) is 29.6 Å². The molecule has 6 nitrogen and oxygen atoms in total. The van der Waals surface area contributed by atoms with E-state index in [9.17, 15) is 0 Å². The molecule has 0 amide bonds. The third kappa shape index (κ3) is 3.42. The van der Waals surface area contributed by atoms with Gasteiger partial charge in [0.1, 0.15) is 0 Å². The van der Waals surface area contributed by atoms with Crippen molar-refractivity contribution in [1.29, 1.82) is 0 Å². The van der Waals surface area contributed by atoms with Gasteiger partial charge in [-0.25, -0.2) is 14.6 Å². The standard InChI is InChI=1S/C22H20N6/c1-2-6-20(7-3-1)28-15-17(11-25-28)14-27-10-8-21-19(16-27)13-24-22(26-21)18-5-4-9-23-12-18/h1-7,9,11-13,15H,8,10,14,16H2. The molecule has 3 aromatic heterocycles. The SMILES string of the molecule is c1ccc(-n2cc(CN3CCc4nc(-c5cccnc5)ncc4C3)cn2)cc1. The summed E-state index contributed by atoms with van der Waals surface area (Å²) in [6.07, 6.45) is 10.5. The van der Waals surface area contributed by atoms with Crippen molar-refractivity contribution >= 4 is 0 Å². The van der Waals surface area contributed by atoms with Crippen LogP contribution < -0.4 is 0 Å². The fourth-order valence-electron chi connectivity index (χ4n) is 3.57. The van der Waals surface area contributed by atoms with Gasteiger partial charge in [-0.1, -0.05) is 18.2 Å². The summed E-state index contributed by atoms with van der Waals surface area (Å²) in [5.41, 5.74) is 5.59. The second kappa shape index (κ2) is 7.32. The fraction of sp³-hybridized carbons (Fsp3) is 0.182. The molecule has 1 aliphatic rings. The molecule has 1 aliphatic heterocycles. The minimum atomic E-state index is 0.754. The Kier molecular flexibility index (Phi) is 4.39. The van der Waals surface area contributed by atoms with Crippen LogP contribution in [0, 0.1) is 0 Å². The summed E-state index contributed by atoms with van der Waals surface area (Å²) in [6, 6.07) is 14.1. The van der Waals surface area contributed by atoms with Crippen LogP contribution in [-0.2, 0) is 19.5 Å². The van der Waals surface area contributed by atoms with E-state index in [4.69, 9.17) is 4.98 Å². The minimum Gasteiger partial charge on any atom is -0.294 e. The number of pyridine rings is 1.